The molecule has 16 nitrogen and oxygen atoms in total. The average molecular weight is 579 g/mol. The molecule has 10 atom stereocenters. The number of carbonyl (C=O) groups is 6. The molecule has 0 aromatic carbocycles. The van der Waals surface area contributed by atoms with Gasteiger partial charge in [-0.25, -0.2) is 0 Å². The number of ether oxygens (including phenoxy) is 9. The van der Waals surface area contributed by atoms with Crippen LogP contribution in [0.1, 0.15) is 48.5 Å². The van der Waals surface area contributed by atoms with Gasteiger partial charge in [0.15, 0.2) is 43.1 Å². The zero-order valence-electron chi connectivity index (χ0n) is 23.1. The molecule has 2 rings (SSSR count). The van der Waals surface area contributed by atoms with Crippen LogP contribution in [0.3, 0.4) is 0 Å². The second-order valence-corrected chi connectivity index (χ2v) is 9.05. The highest BCUT2D eigenvalue weighted by molar-refractivity contribution is 5.69. The predicted molar refractivity (Wildman–Crippen MR) is 124 cm³/mol. The first kappa shape index (κ1) is 32.9. The van der Waals surface area contributed by atoms with E-state index in [0.29, 0.717) is 0 Å². The number of aliphatic hydroxyl groups excluding tert-OH is 1. The van der Waals surface area contributed by atoms with Gasteiger partial charge in [0.05, 0.1) is 6.10 Å². The summed E-state index contributed by atoms with van der Waals surface area (Å²) in [5.74, 6) is -4.89. The molecule has 0 radical (unpaired) electrons. The maximum absolute atomic E-state index is 12.1. The minimum Gasteiger partial charge on any atom is -0.463 e. The summed E-state index contributed by atoms with van der Waals surface area (Å²) in [4.78, 5) is 71.1. The van der Waals surface area contributed by atoms with E-state index in [0.717, 1.165) is 41.5 Å². The number of hydrogen-bond donors (Lipinski definition) is 1. The third-order valence-corrected chi connectivity index (χ3v) is 5.59. The smallest absolute Gasteiger partial charge is 0.303 e. The Morgan fingerprint density at radius 3 is 1.48 bits per heavy atom. The molecule has 10 unspecified atom stereocenters. The summed E-state index contributed by atoms with van der Waals surface area (Å²) in [6.45, 7) is 7.37. The summed E-state index contributed by atoms with van der Waals surface area (Å²) in [5, 5.41) is 10.4. The van der Waals surface area contributed by atoms with Crippen molar-refractivity contribution < 1.29 is 76.5 Å². The minimum absolute atomic E-state index is 0.503. The van der Waals surface area contributed by atoms with Crippen molar-refractivity contribution in [3.8, 4) is 0 Å². The van der Waals surface area contributed by atoms with Gasteiger partial charge in [0, 0.05) is 41.5 Å². The largest absolute Gasteiger partial charge is 0.463 e. The Balaban J connectivity index is 2.56. The van der Waals surface area contributed by atoms with Crippen LogP contribution in [0.4, 0.5) is 0 Å². The van der Waals surface area contributed by atoms with Gasteiger partial charge in [-0.2, -0.15) is 0 Å². The van der Waals surface area contributed by atoms with Crippen molar-refractivity contribution in [2.75, 3.05) is 6.61 Å². The molecule has 0 aromatic rings. The van der Waals surface area contributed by atoms with E-state index in [4.69, 9.17) is 42.6 Å². The summed E-state index contributed by atoms with van der Waals surface area (Å²) in [6, 6.07) is 0. The molecule has 226 valence electrons. The van der Waals surface area contributed by atoms with Gasteiger partial charge in [-0.1, -0.05) is 0 Å². The molecule has 16 heteroatoms. The molecule has 0 saturated carbocycles. The standard InChI is InChI=1S/C24H34O16/c1-9-17(19(35-12(4)27)21(23(31)33-9)37-14(6)29)40-24-22(38-15(7)30)20(36-13(5)28)18(34-11(3)26)16(39-24)8-32-10(2)25/h9,16-24,31H,8H2,1-7H3. The van der Waals surface area contributed by atoms with Crippen molar-refractivity contribution >= 4 is 35.8 Å². The number of carbonyl (C=O) groups excluding carboxylic acids is 6. The van der Waals surface area contributed by atoms with Crippen LogP contribution in [0.2, 0.25) is 0 Å². The number of esters is 6. The van der Waals surface area contributed by atoms with Crippen molar-refractivity contribution in [2.24, 2.45) is 0 Å². The quantitative estimate of drug-likeness (QED) is 0.259. The lowest BCUT2D eigenvalue weighted by Gasteiger charge is -2.47. The molecule has 1 N–H and O–H groups in total. The molecule has 0 bridgehead atoms. The van der Waals surface area contributed by atoms with E-state index in [9.17, 15) is 33.9 Å². The van der Waals surface area contributed by atoms with Crippen molar-refractivity contribution in [3.63, 3.8) is 0 Å². The van der Waals surface area contributed by atoms with E-state index in [1.54, 1.807) is 0 Å². The van der Waals surface area contributed by atoms with E-state index >= 15 is 0 Å². The second kappa shape index (κ2) is 14.3. The second-order valence-electron chi connectivity index (χ2n) is 9.05. The zero-order valence-corrected chi connectivity index (χ0v) is 23.1. The highest BCUT2D eigenvalue weighted by Gasteiger charge is 2.56. The van der Waals surface area contributed by atoms with Crippen molar-refractivity contribution in [1.82, 2.24) is 0 Å². The molecule has 0 spiro atoms. The molecule has 2 fully saturated rings. The molecule has 0 aliphatic carbocycles. The van der Waals surface area contributed by atoms with Crippen LogP contribution in [0.15, 0.2) is 0 Å². The molecule has 2 aliphatic heterocycles. The monoisotopic (exact) mass is 578 g/mol. The molecule has 0 amide bonds. The van der Waals surface area contributed by atoms with Crippen LogP contribution < -0.4 is 0 Å². The van der Waals surface area contributed by atoms with Crippen molar-refractivity contribution in [1.29, 1.82) is 0 Å². The highest BCUT2D eigenvalue weighted by Crippen LogP contribution is 2.34. The fourth-order valence-electron chi connectivity index (χ4n) is 4.27. The maximum Gasteiger partial charge on any atom is 0.303 e. The molecular weight excluding hydrogens is 544 g/mol. The van der Waals surface area contributed by atoms with E-state index in [1.807, 2.05) is 0 Å². The molecule has 2 heterocycles. The van der Waals surface area contributed by atoms with E-state index in [2.05, 4.69) is 0 Å². The van der Waals surface area contributed by atoms with E-state index < -0.39 is 104 Å². The third-order valence-electron chi connectivity index (χ3n) is 5.59. The number of hydrogen-bond acceptors (Lipinski definition) is 16. The average Bonchev–Trinajstić information content (AvgIpc) is 2.79. The van der Waals surface area contributed by atoms with Crippen LogP contribution in [-0.2, 0) is 71.4 Å². The normalized spacial score (nSPS) is 33.6. The van der Waals surface area contributed by atoms with Gasteiger partial charge in [-0.3, -0.25) is 28.8 Å². The first-order chi connectivity index (χ1) is 18.6. The molecule has 2 aliphatic rings. The Hall–Kier alpha value is -3.34. The summed E-state index contributed by atoms with van der Waals surface area (Å²) in [5.41, 5.74) is 0. The summed E-state index contributed by atoms with van der Waals surface area (Å²) in [6.07, 6.45) is -14.6. The van der Waals surface area contributed by atoms with Crippen LogP contribution in [0, 0.1) is 0 Å². The molecule has 2 saturated heterocycles. The lowest BCUT2D eigenvalue weighted by Crippen LogP contribution is -2.66. The third kappa shape index (κ3) is 9.11. The van der Waals surface area contributed by atoms with Gasteiger partial charge in [0.1, 0.15) is 18.8 Å². The Morgan fingerprint density at radius 2 is 1.00 bits per heavy atom. The van der Waals surface area contributed by atoms with Crippen LogP contribution in [0.5, 0.6) is 0 Å². The van der Waals surface area contributed by atoms with Gasteiger partial charge in [-0.05, 0) is 6.92 Å². The highest BCUT2D eigenvalue weighted by atomic mass is 16.8. The van der Waals surface area contributed by atoms with Crippen LogP contribution >= 0.6 is 0 Å². The first-order valence-electron chi connectivity index (χ1n) is 12.2. The fourth-order valence-corrected chi connectivity index (χ4v) is 4.27. The summed E-state index contributed by atoms with van der Waals surface area (Å²) < 4.78 is 48.9. The molecular formula is C24H34O16. The molecule has 40 heavy (non-hydrogen) atoms. The Bertz CT molecular complexity index is 965. The van der Waals surface area contributed by atoms with Gasteiger partial charge in [0.2, 0.25) is 0 Å². The van der Waals surface area contributed by atoms with Gasteiger partial charge < -0.3 is 47.7 Å². The van der Waals surface area contributed by atoms with Crippen molar-refractivity contribution in [3.05, 3.63) is 0 Å². The Labute approximate surface area is 229 Å². The van der Waals surface area contributed by atoms with E-state index in [-0.39, 0.29) is 0 Å². The Kier molecular flexibility index (Phi) is 11.8. The van der Waals surface area contributed by atoms with Gasteiger partial charge in [-0.15, -0.1) is 0 Å². The summed E-state index contributed by atoms with van der Waals surface area (Å²) >= 11 is 0. The number of rotatable bonds is 9. The lowest BCUT2D eigenvalue weighted by atomic mass is 9.96. The van der Waals surface area contributed by atoms with E-state index in [1.165, 1.54) is 6.92 Å². The van der Waals surface area contributed by atoms with Crippen molar-refractivity contribution in [2.45, 2.75) is 110 Å². The zero-order chi connectivity index (χ0) is 30.3. The maximum atomic E-state index is 12.1. The number of aliphatic hydroxyl groups is 1. The topological polar surface area (TPSA) is 206 Å². The molecule has 0 aromatic heterocycles. The fraction of sp³-hybridized carbons (Fsp3) is 0.750. The van der Waals surface area contributed by atoms with Gasteiger partial charge >= 0.3 is 35.8 Å². The van der Waals surface area contributed by atoms with Crippen LogP contribution in [-0.4, -0.2) is 109 Å². The predicted octanol–water partition coefficient (Wildman–Crippen LogP) is -0.945. The minimum atomic E-state index is -1.71. The summed E-state index contributed by atoms with van der Waals surface area (Å²) in [7, 11) is 0. The van der Waals surface area contributed by atoms with Crippen LogP contribution in [0.25, 0.3) is 0 Å². The SMILES string of the molecule is CC(=O)OCC1OC(OC2C(C)OC(O)C(OC(C)=O)C2OC(C)=O)C(OC(C)=O)C(OC(C)=O)C1OC(C)=O. The lowest BCUT2D eigenvalue weighted by molar-refractivity contribution is -0.353. The van der Waals surface area contributed by atoms with Gasteiger partial charge in [0.25, 0.3) is 0 Å². The first-order valence-corrected chi connectivity index (χ1v) is 12.2. The Morgan fingerprint density at radius 1 is 0.575 bits per heavy atom.